The van der Waals surface area contributed by atoms with E-state index in [1.807, 2.05) is 23.1 Å². The number of aliphatic hydroxyl groups is 1. The number of benzene rings is 1. The molecule has 0 aromatic heterocycles. The van der Waals surface area contributed by atoms with Gasteiger partial charge < -0.3 is 15.1 Å². The maximum atomic E-state index is 10.5. The van der Waals surface area contributed by atoms with E-state index in [0.717, 1.165) is 11.3 Å². The smallest absolute Gasteiger partial charge is 0.307 e. The summed E-state index contributed by atoms with van der Waals surface area (Å²) in [6, 6.07) is 7.43. The largest absolute Gasteiger partial charge is 0.481 e. The van der Waals surface area contributed by atoms with Crippen LogP contribution >= 0.6 is 0 Å². The molecule has 1 fully saturated rings. The third kappa shape index (κ3) is 2.27. The van der Waals surface area contributed by atoms with Gasteiger partial charge in [-0.2, -0.15) is 0 Å². The Labute approximate surface area is 87.8 Å². The average molecular weight is 207 g/mol. The lowest BCUT2D eigenvalue weighted by Crippen LogP contribution is -2.50. The molecule has 0 unspecified atom stereocenters. The summed E-state index contributed by atoms with van der Waals surface area (Å²) in [6.07, 6.45) is -0.197. The number of nitrogens with zero attached hydrogens (tertiary/aromatic N) is 1. The monoisotopic (exact) mass is 207 g/mol. The van der Waals surface area contributed by atoms with E-state index in [1.165, 1.54) is 0 Å². The van der Waals surface area contributed by atoms with Gasteiger partial charge in [0.2, 0.25) is 0 Å². The number of carboxylic acid groups (broad SMARTS) is 1. The van der Waals surface area contributed by atoms with Gasteiger partial charge in [0.05, 0.1) is 12.5 Å². The van der Waals surface area contributed by atoms with Crippen LogP contribution in [0.5, 0.6) is 0 Å². The highest BCUT2D eigenvalue weighted by molar-refractivity contribution is 5.71. The predicted molar refractivity (Wildman–Crippen MR) is 56.0 cm³/mol. The van der Waals surface area contributed by atoms with Crippen LogP contribution in [0.4, 0.5) is 5.69 Å². The fourth-order valence-electron chi connectivity index (χ4n) is 1.70. The molecule has 1 aromatic rings. The summed E-state index contributed by atoms with van der Waals surface area (Å²) in [4.78, 5) is 12.6. The van der Waals surface area contributed by atoms with Crippen molar-refractivity contribution >= 4 is 11.7 Å². The number of β-amino-alcohol motifs (C(OH)–C–C–N with tert-alkyl or cyclic N) is 1. The summed E-state index contributed by atoms with van der Waals surface area (Å²) in [5, 5.41) is 17.8. The van der Waals surface area contributed by atoms with E-state index >= 15 is 0 Å². The number of carboxylic acids is 1. The summed E-state index contributed by atoms with van der Waals surface area (Å²) >= 11 is 0. The highest BCUT2D eigenvalue weighted by atomic mass is 16.4. The molecule has 0 radical (unpaired) electrons. The van der Waals surface area contributed by atoms with Crippen LogP contribution in [0.15, 0.2) is 24.3 Å². The SMILES string of the molecule is O=C(O)Cc1cccc(N2CC(O)C2)c1. The van der Waals surface area contributed by atoms with E-state index in [0.29, 0.717) is 13.1 Å². The molecule has 4 nitrogen and oxygen atoms in total. The van der Waals surface area contributed by atoms with Gasteiger partial charge in [-0.05, 0) is 17.7 Å². The van der Waals surface area contributed by atoms with Gasteiger partial charge in [-0.25, -0.2) is 0 Å². The van der Waals surface area contributed by atoms with Crippen LogP contribution < -0.4 is 4.90 Å². The molecular formula is C11H13NO3. The van der Waals surface area contributed by atoms with E-state index in [4.69, 9.17) is 10.2 Å². The van der Waals surface area contributed by atoms with Crippen molar-refractivity contribution in [3.63, 3.8) is 0 Å². The lowest BCUT2D eigenvalue weighted by atomic mass is 10.1. The van der Waals surface area contributed by atoms with Crippen molar-refractivity contribution in [3.05, 3.63) is 29.8 Å². The number of aliphatic hydroxyl groups excluding tert-OH is 1. The molecule has 0 saturated carbocycles. The first kappa shape index (κ1) is 9.98. The fraction of sp³-hybridized carbons (Fsp3) is 0.364. The molecule has 1 aliphatic rings. The first-order chi connectivity index (χ1) is 7.15. The maximum Gasteiger partial charge on any atom is 0.307 e. The summed E-state index contributed by atoms with van der Waals surface area (Å²) in [5.74, 6) is -0.823. The summed E-state index contributed by atoms with van der Waals surface area (Å²) in [5.41, 5.74) is 1.78. The van der Waals surface area contributed by atoms with Gasteiger partial charge in [0.15, 0.2) is 0 Å². The third-order valence-corrected chi connectivity index (χ3v) is 2.49. The van der Waals surface area contributed by atoms with Crippen LogP contribution in [-0.4, -0.2) is 35.4 Å². The zero-order valence-corrected chi connectivity index (χ0v) is 8.26. The molecule has 1 aromatic carbocycles. The minimum Gasteiger partial charge on any atom is -0.481 e. The number of carbonyl (C=O) groups is 1. The highest BCUT2D eigenvalue weighted by Crippen LogP contribution is 2.21. The van der Waals surface area contributed by atoms with Gasteiger partial charge in [-0.1, -0.05) is 12.1 Å². The quantitative estimate of drug-likeness (QED) is 0.757. The predicted octanol–water partition coefficient (Wildman–Crippen LogP) is 0.495. The van der Waals surface area contributed by atoms with Gasteiger partial charge in [-0.15, -0.1) is 0 Å². The fourth-order valence-corrected chi connectivity index (χ4v) is 1.70. The van der Waals surface area contributed by atoms with Crippen LogP contribution in [-0.2, 0) is 11.2 Å². The number of anilines is 1. The second-order valence-corrected chi connectivity index (χ2v) is 3.80. The van der Waals surface area contributed by atoms with Gasteiger partial charge in [0, 0.05) is 18.8 Å². The first-order valence-corrected chi connectivity index (χ1v) is 4.89. The normalized spacial score (nSPS) is 16.2. The van der Waals surface area contributed by atoms with Crippen molar-refractivity contribution in [2.24, 2.45) is 0 Å². The van der Waals surface area contributed by atoms with E-state index in [-0.39, 0.29) is 12.5 Å². The number of hydrogen-bond donors (Lipinski definition) is 2. The summed E-state index contributed by atoms with van der Waals surface area (Å²) in [6.45, 7) is 1.27. The molecule has 0 spiro atoms. The summed E-state index contributed by atoms with van der Waals surface area (Å²) < 4.78 is 0. The van der Waals surface area contributed by atoms with Gasteiger partial charge in [-0.3, -0.25) is 4.79 Å². The first-order valence-electron chi connectivity index (χ1n) is 4.89. The van der Waals surface area contributed by atoms with Crippen LogP contribution in [0.2, 0.25) is 0 Å². The van der Waals surface area contributed by atoms with Crippen LogP contribution in [0, 0.1) is 0 Å². The third-order valence-electron chi connectivity index (χ3n) is 2.49. The molecule has 0 aliphatic carbocycles. The molecule has 1 aliphatic heterocycles. The molecule has 0 atom stereocenters. The Balaban J connectivity index is 2.09. The molecule has 0 bridgehead atoms. The molecule has 1 saturated heterocycles. The Kier molecular flexibility index (Phi) is 2.60. The second kappa shape index (κ2) is 3.90. The lowest BCUT2D eigenvalue weighted by Gasteiger charge is -2.38. The minimum absolute atomic E-state index is 0.0459. The zero-order chi connectivity index (χ0) is 10.8. The molecule has 80 valence electrons. The molecule has 0 amide bonds. The number of rotatable bonds is 3. The Morgan fingerprint density at radius 2 is 2.20 bits per heavy atom. The van der Waals surface area contributed by atoms with Crippen LogP contribution in [0.25, 0.3) is 0 Å². The van der Waals surface area contributed by atoms with Gasteiger partial charge in [0.25, 0.3) is 0 Å². The average Bonchev–Trinajstić information content (AvgIpc) is 2.12. The molecule has 2 rings (SSSR count). The maximum absolute atomic E-state index is 10.5. The Bertz CT molecular complexity index is 372. The van der Waals surface area contributed by atoms with Crippen molar-refractivity contribution in [2.75, 3.05) is 18.0 Å². The Morgan fingerprint density at radius 1 is 1.47 bits per heavy atom. The van der Waals surface area contributed by atoms with Crippen LogP contribution in [0.1, 0.15) is 5.56 Å². The number of hydrogen-bond acceptors (Lipinski definition) is 3. The topological polar surface area (TPSA) is 60.8 Å². The molecule has 1 heterocycles. The Morgan fingerprint density at radius 3 is 2.80 bits per heavy atom. The van der Waals surface area contributed by atoms with Gasteiger partial charge >= 0.3 is 5.97 Å². The molecule has 2 N–H and O–H groups in total. The zero-order valence-electron chi connectivity index (χ0n) is 8.26. The van der Waals surface area contributed by atoms with Crippen molar-refractivity contribution in [1.82, 2.24) is 0 Å². The minimum atomic E-state index is -0.823. The number of aliphatic carboxylic acids is 1. The lowest BCUT2D eigenvalue weighted by molar-refractivity contribution is -0.136. The second-order valence-electron chi connectivity index (χ2n) is 3.80. The molecule has 4 heteroatoms. The van der Waals surface area contributed by atoms with E-state index in [1.54, 1.807) is 6.07 Å². The Hall–Kier alpha value is -1.55. The van der Waals surface area contributed by atoms with Crippen molar-refractivity contribution in [2.45, 2.75) is 12.5 Å². The summed E-state index contributed by atoms with van der Waals surface area (Å²) in [7, 11) is 0. The standard InChI is InChI=1S/C11H13NO3/c13-10-6-12(7-10)9-3-1-2-8(4-9)5-11(14)15/h1-4,10,13H,5-7H2,(H,14,15). The van der Waals surface area contributed by atoms with Gasteiger partial charge in [0.1, 0.15) is 0 Å². The van der Waals surface area contributed by atoms with Crippen molar-refractivity contribution < 1.29 is 15.0 Å². The van der Waals surface area contributed by atoms with E-state index in [2.05, 4.69) is 0 Å². The van der Waals surface area contributed by atoms with E-state index < -0.39 is 5.97 Å². The molecular weight excluding hydrogens is 194 g/mol. The molecule has 15 heavy (non-hydrogen) atoms. The van der Waals surface area contributed by atoms with Crippen molar-refractivity contribution in [3.8, 4) is 0 Å². The van der Waals surface area contributed by atoms with Crippen LogP contribution in [0.3, 0.4) is 0 Å². The van der Waals surface area contributed by atoms with Crippen molar-refractivity contribution in [1.29, 1.82) is 0 Å². The highest BCUT2D eigenvalue weighted by Gasteiger charge is 2.24. The van der Waals surface area contributed by atoms with E-state index in [9.17, 15) is 4.79 Å².